The van der Waals surface area contributed by atoms with Gasteiger partial charge in [-0.1, -0.05) is 35.9 Å². The smallest absolute Gasteiger partial charge is 0.263 e. The van der Waals surface area contributed by atoms with Gasteiger partial charge in [0.15, 0.2) is 0 Å². The molecule has 2 aromatic carbocycles. The van der Waals surface area contributed by atoms with Gasteiger partial charge in [-0.05, 0) is 36.4 Å². The number of fused-ring (bicyclic) bond motifs is 1. The van der Waals surface area contributed by atoms with Gasteiger partial charge in [0.25, 0.3) is 15.9 Å². The number of hydrogen-bond donors (Lipinski definition) is 1. The number of methoxy groups -OCH3 is 1. The van der Waals surface area contributed by atoms with E-state index in [1.807, 2.05) is 0 Å². The molecule has 0 radical (unpaired) electrons. The number of benzene rings is 2. The summed E-state index contributed by atoms with van der Waals surface area (Å²) in [6.45, 7) is 2.60. The second kappa shape index (κ2) is 11.4. The van der Waals surface area contributed by atoms with Crippen LogP contribution in [0, 0.1) is 5.82 Å². The molecule has 1 N–H and O–H groups in total. The summed E-state index contributed by atoms with van der Waals surface area (Å²) in [5, 5.41) is 1.08. The molecular formula is C28H28ClFN4O4S. The van der Waals surface area contributed by atoms with Crippen LogP contribution in [0.1, 0.15) is 12.0 Å². The normalized spacial score (nSPS) is 18.5. The highest BCUT2D eigenvalue weighted by molar-refractivity contribution is 7.89. The van der Waals surface area contributed by atoms with Gasteiger partial charge in [-0.25, -0.2) is 12.8 Å². The van der Waals surface area contributed by atoms with Crippen molar-refractivity contribution in [1.29, 1.82) is 0 Å². The van der Waals surface area contributed by atoms with E-state index in [9.17, 15) is 17.6 Å². The number of carbonyl (C=O) groups excluding carboxylic acids is 1. The van der Waals surface area contributed by atoms with Crippen LogP contribution in [0.2, 0.25) is 5.02 Å². The molecule has 204 valence electrons. The summed E-state index contributed by atoms with van der Waals surface area (Å²) in [6.07, 6.45) is 4.37. The number of pyridine rings is 1. The summed E-state index contributed by atoms with van der Waals surface area (Å²) in [7, 11) is -2.42. The monoisotopic (exact) mass is 570 g/mol. The van der Waals surface area contributed by atoms with Crippen LogP contribution in [0.5, 0.6) is 0 Å². The quantitative estimate of drug-likeness (QED) is 0.464. The number of aromatic nitrogens is 1. The lowest BCUT2D eigenvalue weighted by Gasteiger charge is -2.36. The van der Waals surface area contributed by atoms with Gasteiger partial charge < -0.3 is 9.64 Å². The number of para-hydroxylation sites is 1. The Hall–Kier alpha value is -3.31. The Morgan fingerprint density at radius 2 is 1.90 bits per heavy atom. The van der Waals surface area contributed by atoms with Crippen molar-refractivity contribution in [3.05, 3.63) is 94.6 Å². The molecule has 0 spiro atoms. The molecule has 0 bridgehead atoms. The Bertz CT molecular complexity index is 1560. The highest BCUT2D eigenvalue weighted by atomic mass is 35.5. The molecule has 1 saturated heterocycles. The Labute approximate surface area is 231 Å². The first-order chi connectivity index (χ1) is 18.7. The number of allylic oxidation sites excluding steroid dienone is 2. The maximum atomic E-state index is 14.2. The van der Waals surface area contributed by atoms with E-state index >= 15 is 0 Å². The van der Waals surface area contributed by atoms with Crippen LogP contribution in [0.4, 0.5) is 4.39 Å². The Kier molecular flexibility index (Phi) is 7.99. The van der Waals surface area contributed by atoms with E-state index in [0.717, 1.165) is 5.39 Å². The third kappa shape index (κ3) is 5.99. The number of rotatable bonds is 7. The molecule has 8 nitrogen and oxygen atoms in total. The van der Waals surface area contributed by atoms with Gasteiger partial charge >= 0.3 is 0 Å². The fraction of sp³-hybridized carbons (Fsp3) is 0.286. The highest BCUT2D eigenvalue weighted by Gasteiger charge is 2.31. The van der Waals surface area contributed by atoms with Crippen molar-refractivity contribution in [3.8, 4) is 0 Å². The average Bonchev–Trinajstić information content (AvgIpc) is 2.94. The first-order valence-electron chi connectivity index (χ1n) is 12.5. The molecule has 3 aromatic rings. The van der Waals surface area contributed by atoms with Crippen molar-refractivity contribution in [3.63, 3.8) is 0 Å². The minimum Gasteiger partial charge on any atom is -0.376 e. The predicted molar refractivity (Wildman–Crippen MR) is 147 cm³/mol. The van der Waals surface area contributed by atoms with Gasteiger partial charge in [0.1, 0.15) is 10.7 Å². The van der Waals surface area contributed by atoms with E-state index in [1.54, 1.807) is 59.6 Å². The zero-order valence-electron chi connectivity index (χ0n) is 21.3. The minimum absolute atomic E-state index is 0.0812. The van der Waals surface area contributed by atoms with Gasteiger partial charge in [-0.3, -0.25) is 19.4 Å². The first-order valence-corrected chi connectivity index (χ1v) is 14.4. The van der Waals surface area contributed by atoms with Crippen LogP contribution in [-0.2, 0) is 26.1 Å². The maximum absolute atomic E-state index is 14.2. The van der Waals surface area contributed by atoms with E-state index in [1.165, 1.54) is 19.2 Å². The van der Waals surface area contributed by atoms with E-state index in [-0.39, 0.29) is 23.0 Å². The summed E-state index contributed by atoms with van der Waals surface area (Å²) in [4.78, 5) is 21.5. The van der Waals surface area contributed by atoms with E-state index < -0.39 is 16.1 Å². The average molecular weight is 571 g/mol. The summed E-state index contributed by atoms with van der Waals surface area (Å²) in [5.74, 6) is -0.498. The molecule has 11 heteroatoms. The van der Waals surface area contributed by atoms with Crippen molar-refractivity contribution in [2.24, 2.45) is 0 Å². The second-order valence-electron chi connectivity index (χ2n) is 9.48. The SMILES string of the molecule is COC1CC(NS(=O)(=O)c2cccc3cccnc23)=CC=C1C(=O)N1CCN(Cc2ccc(Cl)cc2F)CC1. The van der Waals surface area contributed by atoms with Gasteiger partial charge in [0, 0.05) is 79.7 Å². The lowest BCUT2D eigenvalue weighted by molar-refractivity contribution is -0.130. The lowest BCUT2D eigenvalue weighted by atomic mass is 9.98. The molecule has 1 amide bonds. The number of halogens is 2. The van der Waals surface area contributed by atoms with Gasteiger partial charge in [-0.15, -0.1) is 0 Å². The number of sulfonamides is 1. The Balaban J connectivity index is 1.26. The number of ether oxygens (including phenoxy) is 1. The van der Waals surface area contributed by atoms with E-state index in [4.69, 9.17) is 16.3 Å². The van der Waals surface area contributed by atoms with E-state index in [2.05, 4.69) is 14.6 Å². The number of amides is 1. The number of nitrogens with one attached hydrogen (secondary N) is 1. The fourth-order valence-electron chi connectivity index (χ4n) is 4.87. The third-order valence-electron chi connectivity index (χ3n) is 6.97. The zero-order chi connectivity index (χ0) is 27.6. The maximum Gasteiger partial charge on any atom is 0.263 e. The van der Waals surface area contributed by atoms with Crippen molar-refractivity contribution in [2.75, 3.05) is 33.3 Å². The molecule has 1 fully saturated rings. The number of piperazine rings is 1. The molecule has 1 aliphatic carbocycles. The number of hydrogen-bond acceptors (Lipinski definition) is 6. The minimum atomic E-state index is -3.91. The molecule has 39 heavy (non-hydrogen) atoms. The molecule has 1 aromatic heterocycles. The largest absolute Gasteiger partial charge is 0.376 e. The van der Waals surface area contributed by atoms with Crippen LogP contribution in [-0.4, -0.2) is 68.5 Å². The summed E-state index contributed by atoms with van der Waals surface area (Å²) < 4.78 is 48.8. The number of nitrogens with zero attached hydrogens (tertiary/aromatic N) is 3. The standard InChI is InChI=1S/C28H28ClFN4O4S/c1-38-25-17-22(32-39(36,37)26-6-2-4-19-5-3-11-31-27(19)26)9-10-23(25)28(35)34-14-12-33(13-15-34)18-20-7-8-21(29)16-24(20)30/h2-11,16,25,32H,12-15,17-18H2,1H3. The fourth-order valence-corrected chi connectivity index (χ4v) is 6.32. The highest BCUT2D eigenvalue weighted by Crippen LogP contribution is 2.26. The van der Waals surface area contributed by atoms with Crippen LogP contribution < -0.4 is 4.72 Å². The van der Waals surface area contributed by atoms with Gasteiger partial charge in [0.05, 0.1) is 11.6 Å². The van der Waals surface area contributed by atoms with Crippen molar-refractivity contribution in [2.45, 2.75) is 24.0 Å². The predicted octanol–water partition coefficient (Wildman–Crippen LogP) is 3.88. The van der Waals surface area contributed by atoms with Gasteiger partial charge in [0.2, 0.25) is 0 Å². The molecule has 2 aliphatic rings. The summed E-state index contributed by atoms with van der Waals surface area (Å²) in [6, 6.07) is 13.2. The van der Waals surface area contributed by atoms with Crippen molar-refractivity contribution >= 4 is 38.4 Å². The lowest BCUT2D eigenvalue weighted by Crippen LogP contribution is -2.50. The third-order valence-corrected chi connectivity index (χ3v) is 8.64. The Morgan fingerprint density at radius 3 is 2.64 bits per heavy atom. The molecule has 2 heterocycles. The van der Waals surface area contributed by atoms with Crippen molar-refractivity contribution in [1.82, 2.24) is 19.5 Å². The molecular weight excluding hydrogens is 543 g/mol. The first kappa shape index (κ1) is 27.3. The second-order valence-corrected chi connectivity index (χ2v) is 11.6. The zero-order valence-corrected chi connectivity index (χ0v) is 22.9. The molecule has 5 rings (SSSR count). The van der Waals surface area contributed by atoms with Crippen LogP contribution in [0.3, 0.4) is 0 Å². The molecule has 0 saturated carbocycles. The van der Waals surface area contributed by atoms with Crippen LogP contribution in [0.15, 0.2) is 83.0 Å². The topological polar surface area (TPSA) is 91.8 Å². The van der Waals surface area contributed by atoms with Gasteiger partial charge in [-0.2, -0.15) is 0 Å². The summed E-state index contributed by atoms with van der Waals surface area (Å²) >= 11 is 5.85. The van der Waals surface area contributed by atoms with Crippen LogP contribution >= 0.6 is 11.6 Å². The summed E-state index contributed by atoms with van der Waals surface area (Å²) in [5.41, 5.74) is 1.83. The van der Waals surface area contributed by atoms with Crippen LogP contribution in [0.25, 0.3) is 10.9 Å². The van der Waals surface area contributed by atoms with Crippen molar-refractivity contribution < 1.29 is 22.3 Å². The Morgan fingerprint density at radius 1 is 1.13 bits per heavy atom. The molecule has 1 aliphatic heterocycles. The van der Waals surface area contributed by atoms with E-state index in [0.29, 0.717) is 60.1 Å². The number of carbonyl (C=O) groups is 1. The molecule has 1 atom stereocenters. The molecule has 1 unspecified atom stereocenters.